The van der Waals surface area contributed by atoms with Crippen LogP contribution in [0.5, 0.6) is 0 Å². The lowest BCUT2D eigenvalue weighted by Gasteiger charge is -2.29. The minimum Gasteiger partial charge on any atom is -0.378 e. The third-order valence-corrected chi connectivity index (χ3v) is 3.08. The highest BCUT2D eigenvalue weighted by atomic mass is 15.3. The molecule has 0 bridgehead atoms. The molecule has 0 saturated carbocycles. The Hall–Kier alpha value is -1.19. The quantitative estimate of drug-likeness (QED) is 0.779. The molecular formula is C11H20N4. The van der Waals surface area contributed by atoms with Gasteiger partial charge in [-0.1, -0.05) is 20.8 Å². The number of nitrogens with zero attached hydrogens (tertiary/aromatic N) is 2. The number of aryl methyl sites for hydroxylation is 2. The molecule has 84 valence electrons. The number of nitrogens with one attached hydrogen (secondary N) is 2. The molecule has 2 rings (SSSR count). The van der Waals surface area contributed by atoms with Crippen molar-refractivity contribution in [3.8, 4) is 0 Å². The molecule has 4 heteroatoms. The van der Waals surface area contributed by atoms with E-state index in [1.165, 1.54) is 5.69 Å². The van der Waals surface area contributed by atoms with Crippen LogP contribution in [0.4, 0.5) is 11.5 Å². The van der Waals surface area contributed by atoms with Crippen LogP contribution in [0.15, 0.2) is 0 Å². The van der Waals surface area contributed by atoms with Gasteiger partial charge in [-0.05, 0) is 12.3 Å². The van der Waals surface area contributed by atoms with Crippen molar-refractivity contribution in [3.05, 3.63) is 5.69 Å². The largest absolute Gasteiger partial charge is 0.378 e. The summed E-state index contributed by atoms with van der Waals surface area (Å²) < 4.78 is 1.94. The number of hydrogen-bond donors (Lipinski definition) is 2. The average Bonchev–Trinajstić information content (AvgIpc) is 2.55. The Morgan fingerprint density at radius 3 is 2.87 bits per heavy atom. The summed E-state index contributed by atoms with van der Waals surface area (Å²) in [5, 5.41) is 11.5. The highest BCUT2D eigenvalue weighted by molar-refractivity contribution is 5.70. The summed E-state index contributed by atoms with van der Waals surface area (Å²) in [6, 6.07) is 0.498. The van der Waals surface area contributed by atoms with Crippen molar-refractivity contribution in [1.82, 2.24) is 9.78 Å². The summed E-state index contributed by atoms with van der Waals surface area (Å²) in [7, 11) is 2.00. The summed E-state index contributed by atoms with van der Waals surface area (Å²) in [5.41, 5.74) is 2.35. The maximum absolute atomic E-state index is 4.50. The normalized spacial score (nSPS) is 19.7. The molecule has 0 fully saturated rings. The van der Waals surface area contributed by atoms with E-state index in [2.05, 4.69) is 36.5 Å². The van der Waals surface area contributed by atoms with Crippen LogP contribution in [0.25, 0.3) is 0 Å². The van der Waals surface area contributed by atoms with Gasteiger partial charge in [-0.2, -0.15) is 5.10 Å². The van der Waals surface area contributed by atoms with Crippen molar-refractivity contribution in [2.75, 3.05) is 17.2 Å². The van der Waals surface area contributed by atoms with Crippen molar-refractivity contribution in [1.29, 1.82) is 0 Å². The summed E-state index contributed by atoms with van der Waals surface area (Å²) in [4.78, 5) is 0. The molecule has 1 aliphatic heterocycles. The van der Waals surface area contributed by atoms with E-state index < -0.39 is 0 Å². The first-order valence-corrected chi connectivity index (χ1v) is 5.69. The zero-order valence-corrected chi connectivity index (χ0v) is 9.96. The SMILES string of the molecule is CCc1nn(C)c2c1NCC(C(C)C)N2. The van der Waals surface area contributed by atoms with Gasteiger partial charge in [-0.25, -0.2) is 0 Å². The first-order chi connectivity index (χ1) is 7.13. The van der Waals surface area contributed by atoms with E-state index in [-0.39, 0.29) is 0 Å². The molecule has 4 nitrogen and oxygen atoms in total. The standard InChI is InChI=1S/C11H20N4/c1-5-8-10-11(15(4)14-8)13-9(6-12-10)7(2)3/h7,9,12-13H,5-6H2,1-4H3. The number of aromatic nitrogens is 2. The Morgan fingerprint density at radius 1 is 1.53 bits per heavy atom. The van der Waals surface area contributed by atoms with Crippen LogP contribution in [0, 0.1) is 5.92 Å². The second kappa shape index (κ2) is 3.76. The molecule has 1 atom stereocenters. The number of fused-ring (bicyclic) bond motifs is 1. The Bertz CT molecular complexity index is 354. The maximum atomic E-state index is 4.50. The maximum Gasteiger partial charge on any atom is 0.148 e. The van der Waals surface area contributed by atoms with Gasteiger partial charge < -0.3 is 10.6 Å². The van der Waals surface area contributed by atoms with Crippen LogP contribution in [0.3, 0.4) is 0 Å². The first kappa shape index (κ1) is 10.3. The van der Waals surface area contributed by atoms with E-state index >= 15 is 0 Å². The van der Waals surface area contributed by atoms with E-state index in [1.807, 2.05) is 11.7 Å². The Morgan fingerprint density at radius 2 is 2.27 bits per heavy atom. The van der Waals surface area contributed by atoms with Gasteiger partial charge >= 0.3 is 0 Å². The van der Waals surface area contributed by atoms with Crippen LogP contribution in [0.2, 0.25) is 0 Å². The second-order valence-corrected chi connectivity index (χ2v) is 4.52. The molecule has 1 aromatic heterocycles. The Balaban J connectivity index is 2.30. The van der Waals surface area contributed by atoms with Crippen LogP contribution < -0.4 is 10.6 Å². The van der Waals surface area contributed by atoms with Gasteiger partial charge in [0.25, 0.3) is 0 Å². The third-order valence-electron chi connectivity index (χ3n) is 3.08. The molecule has 0 amide bonds. The van der Waals surface area contributed by atoms with Crippen molar-refractivity contribution >= 4 is 11.5 Å². The van der Waals surface area contributed by atoms with E-state index in [4.69, 9.17) is 0 Å². The number of hydrogen-bond acceptors (Lipinski definition) is 3. The predicted molar refractivity (Wildman–Crippen MR) is 63.3 cm³/mol. The minimum absolute atomic E-state index is 0.498. The molecule has 1 unspecified atom stereocenters. The van der Waals surface area contributed by atoms with Gasteiger partial charge in [0.05, 0.1) is 5.69 Å². The zero-order chi connectivity index (χ0) is 11.0. The molecule has 0 radical (unpaired) electrons. The summed E-state index contributed by atoms with van der Waals surface area (Å²) in [6.07, 6.45) is 0.976. The smallest absolute Gasteiger partial charge is 0.148 e. The average molecular weight is 208 g/mol. The molecule has 1 aromatic rings. The van der Waals surface area contributed by atoms with Gasteiger partial charge in [-0.15, -0.1) is 0 Å². The van der Waals surface area contributed by atoms with Gasteiger partial charge in [0.2, 0.25) is 0 Å². The lowest BCUT2D eigenvalue weighted by molar-refractivity contribution is 0.531. The third kappa shape index (κ3) is 1.68. The van der Waals surface area contributed by atoms with Crippen LogP contribution in [0.1, 0.15) is 26.5 Å². The number of anilines is 2. The van der Waals surface area contributed by atoms with Crippen molar-refractivity contribution in [2.45, 2.75) is 33.2 Å². The molecule has 0 aromatic carbocycles. The number of rotatable bonds is 2. The van der Waals surface area contributed by atoms with E-state index in [1.54, 1.807) is 0 Å². The fourth-order valence-corrected chi connectivity index (χ4v) is 2.02. The molecule has 0 aliphatic carbocycles. The Kier molecular flexibility index (Phi) is 2.59. The fourth-order valence-electron chi connectivity index (χ4n) is 2.02. The zero-order valence-electron chi connectivity index (χ0n) is 9.96. The summed E-state index contributed by atoms with van der Waals surface area (Å²) in [5.74, 6) is 1.77. The summed E-state index contributed by atoms with van der Waals surface area (Å²) >= 11 is 0. The van der Waals surface area contributed by atoms with Gasteiger partial charge in [0, 0.05) is 19.6 Å². The first-order valence-electron chi connectivity index (χ1n) is 5.69. The molecule has 0 saturated heterocycles. The highest BCUT2D eigenvalue weighted by Gasteiger charge is 2.24. The lowest BCUT2D eigenvalue weighted by Crippen LogP contribution is -2.37. The van der Waals surface area contributed by atoms with E-state index in [9.17, 15) is 0 Å². The lowest BCUT2D eigenvalue weighted by atomic mass is 10.0. The van der Waals surface area contributed by atoms with Gasteiger partial charge in [-0.3, -0.25) is 4.68 Å². The van der Waals surface area contributed by atoms with Crippen LogP contribution >= 0.6 is 0 Å². The second-order valence-electron chi connectivity index (χ2n) is 4.52. The van der Waals surface area contributed by atoms with E-state index in [0.29, 0.717) is 12.0 Å². The van der Waals surface area contributed by atoms with Crippen molar-refractivity contribution in [3.63, 3.8) is 0 Å². The van der Waals surface area contributed by atoms with Crippen LogP contribution in [-0.2, 0) is 13.5 Å². The van der Waals surface area contributed by atoms with Gasteiger partial charge in [0.15, 0.2) is 0 Å². The molecule has 15 heavy (non-hydrogen) atoms. The van der Waals surface area contributed by atoms with E-state index in [0.717, 1.165) is 24.5 Å². The van der Waals surface area contributed by atoms with Crippen molar-refractivity contribution in [2.24, 2.45) is 13.0 Å². The Labute approximate surface area is 91.1 Å². The molecule has 2 heterocycles. The van der Waals surface area contributed by atoms with Gasteiger partial charge in [0.1, 0.15) is 11.5 Å². The fraction of sp³-hybridized carbons (Fsp3) is 0.727. The molecule has 0 spiro atoms. The monoisotopic (exact) mass is 208 g/mol. The van der Waals surface area contributed by atoms with Crippen molar-refractivity contribution < 1.29 is 0 Å². The highest BCUT2D eigenvalue weighted by Crippen LogP contribution is 2.30. The summed E-state index contributed by atoms with van der Waals surface area (Å²) in [6.45, 7) is 7.60. The molecular weight excluding hydrogens is 188 g/mol. The van der Waals surface area contributed by atoms with Crippen LogP contribution in [-0.4, -0.2) is 22.4 Å². The predicted octanol–water partition coefficient (Wildman–Crippen LogP) is 1.84. The minimum atomic E-state index is 0.498. The molecule has 2 N–H and O–H groups in total. The molecule has 1 aliphatic rings. The topological polar surface area (TPSA) is 41.9 Å².